The molecule has 1 N–H and O–H groups in total. The Balaban J connectivity index is 1.94. The van der Waals surface area contributed by atoms with Crippen LogP contribution in [0.15, 0.2) is 53.0 Å². The molecule has 102 valence electrons. The van der Waals surface area contributed by atoms with Crippen molar-refractivity contribution in [3.05, 3.63) is 69.2 Å². The summed E-state index contributed by atoms with van der Waals surface area (Å²) in [6, 6.07) is 13.5. The van der Waals surface area contributed by atoms with Crippen molar-refractivity contribution in [1.82, 2.24) is 5.32 Å². The van der Waals surface area contributed by atoms with Gasteiger partial charge in [0.1, 0.15) is 0 Å². The number of benzene rings is 2. The Morgan fingerprint density at radius 3 is 2.10 bits per heavy atom. The molecule has 0 saturated heterocycles. The third kappa shape index (κ3) is 3.92. The molecule has 0 unspecified atom stereocenters. The lowest BCUT2D eigenvalue weighted by atomic mass is 10.1. The number of rotatable bonds is 4. The van der Waals surface area contributed by atoms with Crippen molar-refractivity contribution >= 4 is 39.2 Å². The van der Waals surface area contributed by atoms with Gasteiger partial charge in [0.25, 0.3) is 5.91 Å². The van der Waals surface area contributed by atoms with Crippen LogP contribution < -0.4 is 5.32 Å². The summed E-state index contributed by atoms with van der Waals surface area (Å²) in [5, 5.41) is 3.16. The number of hydrogen-bond donors (Lipinski definition) is 1. The van der Waals surface area contributed by atoms with Crippen LogP contribution in [-0.2, 0) is 0 Å². The maximum atomic E-state index is 11.9. The quantitative estimate of drug-likeness (QED) is 0.853. The van der Waals surface area contributed by atoms with Gasteiger partial charge < -0.3 is 5.32 Å². The van der Waals surface area contributed by atoms with E-state index in [2.05, 4.69) is 21.2 Å². The number of nitrogens with one attached hydrogen (secondary N) is 1. The first kappa shape index (κ1) is 14.8. The molecular weight excluding hydrogens is 342 g/mol. The summed E-state index contributed by atoms with van der Waals surface area (Å²) in [6.45, 7) is -0.0451. The van der Waals surface area contributed by atoms with E-state index in [-0.39, 0.29) is 18.2 Å². The Morgan fingerprint density at radius 2 is 1.50 bits per heavy atom. The average molecular weight is 353 g/mol. The van der Waals surface area contributed by atoms with Gasteiger partial charge in [0.15, 0.2) is 5.78 Å². The van der Waals surface area contributed by atoms with Gasteiger partial charge in [-0.3, -0.25) is 9.59 Å². The highest BCUT2D eigenvalue weighted by molar-refractivity contribution is 9.10. The van der Waals surface area contributed by atoms with Crippen LogP contribution >= 0.6 is 27.5 Å². The van der Waals surface area contributed by atoms with E-state index in [1.54, 1.807) is 48.5 Å². The zero-order valence-electron chi connectivity index (χ0n) is 10.4. The van der Waals surface area contributed by atoms with Crippen molar-refractivity contribution < 1.29 is 9.59 Å². The summed E-state index contributed by atoms with van der Waals surface area (Å²) in [7, 11) is 0. The number of halogens is 2. The molecule has 0 heterocycles. The summed E-state index contributed by atoms with van der Waals surface area (Å²) < 4.78 is 0.895. The monoisotopic (exact) mass is 351 g/mol. The van der Waals surface area contributed by atoms with E-state index in [1.165, 1.54) is 0 Å². The van der Waals surface area contributed by atoms with E-state index in [0.717, 1.165) is 4.47 Å². The van der Waals surface area contributed by atoms with Crippen LogP contribution in [-0.4, -0.2) is 18.2 Å². The highest BCUT2D eigenvalue weighted by Crippen LogP contribution is 2.11. The smallest absolute Gasteiger partial charge is 0.251 e. The molecule has 0 saturated carbocycles. The van der Waals surface area contributed by atoms with Gasteiger partial charge in [-0.25, -0.2) is 0 Å². The van der Waals surface area contributed by atoms with Crippen LogP contribution in [0.4, 0.5) is 0 Å². The second-order valence-corrected chi connectivity index (χ2v) is 5.47. The van der Waals surface area contributed by atoms with Crippen LogP contribution in [0.5, 0.6) is 0 Å². The van der Waals surface area contributed by atoms with E-state index in [4.69, 9.17) is 11.6 Å². The molecule has 0 fully saturated rings. The summed E-state index contributed by atoms with van der Waals surface area (Å²) in [4.78, 5) is 23.7. The van der Waals surface area contributed by atoms with Gasteiger partial charge in [0.2, 0.25) is 0 Å². The first-order valence-electron chi connectivity index (χ1n) is 5.89. The SMILES string of the molecule is O=C(CNC(=O)c1ccc(Br)cc1)c1ccc(Cl)cc1. The molecule has 2 aromatic rings. The Bertz CT molecular complexity index is 566. The molecule has 0 aromatic heterocycles. The highest BCUT2D eigenvalue weighted by atomic mass is 79.9. The largest absolute Gasteiger partial charge is 0.345 e. The Labute approximate surface area is 130 Å². The zero-order valence-corrected chi connectivity index (χ0v) is 12.7. The van der Waals surface area contributed by atoms with Crippen molar-refractivity contribution in [3.8, 4) is 0 Å². The minimum absolute atomic E-state index is 0.0451. The molecule has 20 heavy (non-hydrogen) atoms. The van der Waals surface area contributed by atoms with Gasteiger partial charge in [-0.1, -0.05) is 27.5 Å². The average Bonchev–Trinajstić information content (AvgIpc) is 2.46. The van der Waals surface area contributed by atoms with Crippen molar-refractivity contribution in [2.75, 3.05) is 6.54 Å². The summed E-state index contributed by atoms with van der Waals surface area (Å²) in [5.41, 5.74) is 1.03. The van der Waals surface area contributed by atoms with Crippen molar-refractivity contribution in [2.24, 2.45) is 0 Å². The highest BCUT2D eigenvalue weighted by Gasteiger charge is 2.09. The molecular formula is C15H11BrClNO2. The van der Waals surface area contributed by atoms with E-state index in [9.17, 15) is 9.59 Å². The maximum Gasteiger partial charge on any atom is 0.251 e. The molecule has 2 rings (SSSR count). The minimum atomic E-state index is -0.278. The molecule has 2 aromatic carbocycles. The number of amides is 1. The van der Waals surface area contributed by atoms with Gasteiger partial charge in [-0.2, -0.15) is 0 Å². The topological polar surface area (TPSA) is 46.2 Å². The van der Waals surface area contributed by atoms with Crippen molar-refractivity contribution in [3.63, 3.8) is 0 Å². The third-order valence-corrected chi connectivity index (χ3v) is 3.46. The molecule has 0 radical (unpaired) electrons. The molecule has 0 bridgehead atoms. The molecule has 0 atom stereocenters. The van der Waals surface area contributed by atoms with E-state index >= 15 is 0 Å². The lowest BCUT2D eigenvalue weighted by molar-refractivity contribution is 0.0904. The zero-order chi connectivity index (χ0) is 14.5. The molecule has 0 aliphatic heterocycles. The van der Waals surface area contributed by atoms with Crippen LogP contribution in [0.2, 0.25) is 5.02 Å². The number of carbonyl (C=O) groups excluding carboxylic acids is 2. The fraction of sp³-hybridized carbons (Fsp3) is 0.0667. The number of ketones is 1. The van der Waals surface area contributed by atoms with Gasteiger partial charge in [0, 0.05) is 20.6 Å². The van der Waals surface area contributed by atoms with Gasteiger partial charge in [-0.15, -0.1) is 0 Å². The van der Waals surface area contributed by atoms with E-state index < -0.39 is 0 Å². The molecule has 0 aliphatic carbocycles. The molecule has 1 amide bonds. The lowest BCUT2D eigenvalue weighted by Gasteiger charge is -2.05. The van der Waals surface area contributed by atoms with Crippen LogP contribution in [0.25, 0.3) is 0 Å². The standard InChI is InChI=1S/C15H11BrClNO2/c16-12-5-1-11(2-6-12)15(20)18-9-14(19)10-3-7-13(17)8-4-10/h1-8H,9H2,(H,18,20). The normalized spacial score (nSPS) is 10.1. The molecule has 5 heteroatoms. The second kappa shape index (κ2) is 6.68. The lowest BCUT2D eigenvalue weighted by Crippen LogP contribution is -2.29. The molecule has 0 aliphatic rings. The Morgan fingerprint density at radius 1 is 0.950 bits per heavy atom. The fourth-order valence-corrected chi connectivity index (χ4v) is 1.99. The summed E-state index contributed by atoms with van der Waals surface area (Å²) >= 11 is 9.05. The van der Waals surface area contributed by atoms with E-state index in [0.29, 0.717) is 16.1 Å². The first-order valence-corrected chi connectivity index (χ1v) is 7.06. The Kier molecular flexibility index (Phi) is 4.93. The Hall–Kier alpha value is -1.65. The van der Waals surface area contributed by atoms with Crippen molar-refractivity contribution in [2.45, 2.75) is 0 Å². The fourth-order valence-electron chi connectivity index (χ4n) is 1.60. The number of carbonyl (C=O) groups is 2. The van der Waals surface area contributed by atoms with Crippen LogP contribution in [0, 0.1) is 0 Å². The predicted molar refractivity (Wildman–Crippen MR) is 82.3 cm³/mol. The minimum Gasteiger partial charge on any atom is -0.345 e. The molecule has 3 nitrogen and oxygen atoms in total. The van der Waals surface area contributed by atoms with Crippen molar-refractivity contribution in [1.29, 1.82) is 0 Å². The number of hydrogen-bond acceptors (Lipinski definition) is 2. The van der Waals surface area contributed by atoms with Gasteiger partial charge in [0.05, 0.1) is 6.54 Å². The first-order chi connectivity index (χ1) is 9.56. The third-order valence-electron chi connectivity index (χ3n) is 2.68. The summed E-state index contributed by atoms with van der Waals surface area (Å²) in [6.07, 6.45) is 0. The number of Topliss-reactive ketones (excluding diaryl/α,β-unsaturated/α-hetero) is 1. The predicted octanol–water partition coefficient (Wildman–Crippen LogP) is 3.72. The second-order valence-electron chi connectivity index (χ2n) is 4.12. The van der Waals surface area contributed by atoms with Crippen LogP contribution in [0.3, 0.4) is 0 Å². The van der Waals surface area contributed by atoms with Gasteiger partial charge in [-0.05, 0) is 48.5 Å². The maximum absolute atomic E-state index is 11.9. The van der Waals surface area contributed by atoms with Crippen LogP contribution in [0.1, 0.15) is 20.7 Å². The summed E-state index contributed by atoms with van der Waals surface area (Å²) in [5.74, 6) is -0.438. The molecule has 0 spiro atoms. The van der Waals surface area contributed by atoms with Gasteiger partial charge >= 0.3 is 0 Å². The van der Waals surface area contributed by atoms with E-state index in [1.807, 2.05) is 0 Å².